The van der Waals surface area contributed by atoms with Crippen molar-refractivity contribution in [2.45, 2.75) is 110 Å². The first-order chi connectivity index (χ1) is 23.5. The molecule has 0 fully saturated rings. The van der Waals surface area contributed by atoms with E-state index in [1.54, 1.807) is 24.3 Å². The quantitative estimate of drug-likeness (QED) is 0.0502. The average Bonchev–Trinajstić information content (AvgIpc) is 3.61. The van der Waals surface area contributed by atoms with Crippen LogP contribution in [0.15, 0.2) is 84.9 Å². The Morgan fingerprint density at radius 2 is 1.12 bits per heavy atom. The van der Waals surface area contributed by atoms with Crippen molar-refractivity contribution in [1.82, 2.24) is 0 Å². The summed E-state index contributed by atoms with van der Waals surface area (Å²) in [5, 5.41) is 0. The summed E-state index contributed by atoms with van der Waals surface area (Å²) in [6.45, 7) is 7.14. The van der Waals surface area contributed by atoms with Crippen molar-refractivity contribution in [3.63, 3.8) is 0 Å². The van der Waals surface area contributed by atoms with Crippen LogP contribution in [0.25, 0.3) is 21.6 Å². The Morgan fingerprint density at radius 1 is 0.583 bits per heavy atom. The lowest BCUT2D eigenvalue weighted by Gasteiger charge is -2.13. The summed E-state index contributed by atoms with van der Waals surface area (Å²) in [7, 11) is 0. The molecule has 1 atom stereocenters. The van der Waals surface area contributed by atoms with Gasteiger partial charge in [-0.2, -0.15) is 0 Å². The van der Waals surface area contributed by atoms with Crippen LogP contribution in [0, 0.1) is 0 Å². The maximum atomic E-state index is 12.9. The second kappa shape index (κ2) is 20.5. The molecule has 4 rings (SSSR count). The van der Waals surface area contributed by atoms with Crippen LogP contribution in [0.5, 0.6) is 11.5 Å². The molecule has 0 saturated heterocycles. The summed E-state index contributed by atoms with van der Waals surface area (Å²) in [6, 6.07) is 26.6. The first-order valence-electron chi connectivity index (χ1n) is 17.9. The molecule has 1 aromatic heterocycles. The number of benzene rings is 3. The van der Waals surface area contributed by atoms with E-state index < -0.39 is 0 Å². The summed E-state index contributed by atoms with van der Waals surface area (Å²) in [4.78, 5) is 27.0. The zero-order chi connectivity index (χ0) is 34.0. The molecule has 0 saturated carbocycles. The smallest absolute Gasteiger partial charge is 0.353 e. The lowest BCUT2D eigenvalue weighted by Crippen LogP contribution is -2.15. The molecule has 48 heavy (non-hydrogen) atoms. The third-order valence-electron chi connectivity index (χ3n) is 8.50. The highest BCUT2D eigenvalue weighted by molar-refractivity contribution is 7.17. The predicted octanol–water partition coefficient (Wildman–Crippen LogP) is 12.3. The van der Waals surface area contributed by atoms with Crippen LogP contribution < -0.4 is 9.47 Å². The molecule has 1 unspecified atom stereocenters. The molecule has 0 bridgehead atoms. The van der Waals surface area contributed by atoms with E-state index in [4.69, 9.17) is 14.2 Å². The van der Waals surface area contributed by atoms with Gasteiger partial charge in [-0.15, -0.1) is 11.3 Å². The van der Waals surface area contributed by atoms with Crippen molar-refractivity contribution in [2.24, 2.45) is 0 Å². The van der Waals surface area contributed by atoms with Gasteiger partial charge in [-0.1, -0.05) is 102 Å². The Labute approximate surface area is 291 Å². The Hall–Kier alpha value is -3.90. The van der Waals surface area contributed by atoms with Crippen LogP contribution in [0.3, 0.4) is 0 Å². The molecule has 0 aliphatic heterocycles. The normalized spacial score (nSPS) is 11.6. The maximum Gasteiger partial charge on any atom is 0.353 e. The molecule has 3 aromatic carbocycles. The molecule has 256 valence electrons. The number of hydrogen-bond acceptors (Lipinski definition) is 6. The fourth-order valence-corrected chi connectivity index (χ4v) is 6.47. The van der Waals surface area contributed by atoms with Gasteiger partial charge in [0.05, 0.1) is 18.3 Å². The summed E-state index contributed by atoms with van der Waals surface area (Å²) in [5.74, 6) is 0.674. The van der Waals surface area contributed by atoms with Gasteiger partial charge in [-0.3, -0.25) is 0 Å². The van der Waals surface area contributed by atoms with E-state index in [0.717, 1.165) is 53.2 Å². The van der Waals surface area contributed by atoms with Crippen molar-refractivity contribution in [3.8, 4) is 33.1 Å². The number of carbonyl (C=O) groups excluding carboxylic acids is 2. The number of unbranched alkanes of at least 4 members (excludes halogenated alkanes) is 10. The van der Waals surface area contributed by atoms with Gasteiger partial charge in [0.1, 0.15) is 16.4 Å². The molecule has 0 radical (unpaired) electrons. The topological polar surface area (TPSA) is 61.8 Å². The summed E-state index contributed by atoms with van der Waals surface area (Å²) in [5.41, 5.74) is 3.50. The zero-order valence-corrected chi connectivity index (χ0v) is 29.8. The SMILES string of the molecule is CCCCCCCCCCOc1ccc(-c2ccc(C(=O)Oc3ccc(-c4ccc(C(=O)OC(C)CCCCCC)cc4)cc3)s2)cc1. The Bertz CT molecular complexity index is 1510. The fourth-order valence-electron chi connectivity index (χ4n) is 5.58. The largest absolute Gasteiger partial charge is 0.494 e. The molecule has 5 nitrogen and oxygen atoms in total. The van der Waals surface area contributed by atoms with Crippen molar-refractivity contribution in [1.29, 1.82) is 0 Å². The average molecular weight is 669 g/mol. The van der Waals surface area contributed by atoms with Gasteiger partial charge in [0.25, 0.3) is 0 Å². The monoisotopic (exact) mass is 668 g/mol. The van der Waals surface area contributed by atoms with Gasteiger partial charge in [0.15, 0.2) is 0 Å². The third kappa shape index (κ3) is 12.3. The lowest BCUT2D eigenvalue weighted by molar-refractivity contribution is 0.0319. The van der Waals surface area contributed by atoms with Gasteiger partial charge >= 0.3 is 11.9 Å². The zero-order valence-electron chi connectivity index (χ0n) is 29.0. The molecule has 0 aliphatic rings. The number of esters is 2. The minimum atomic E-state index is -0.383. The molecule has 0 aliphatic carbocycles. The van der Waals surface area contributed by atoms with Crippen LogP contribution in [-0.2, 0) is 4.74 Å². The second-order valence-corrected chi connectivity index (χ2v) is 13.7. The van der Waals surface area contributed by atoms with Gasteiger partial charge < -0.3 is 14.2 Å². The third-order valence-corrected chi connectivity index (χ3v) is 9.62. The standard InChI is InChI=1S/C42H52O5S/c1-4-6-8-10-11-12-13-15-31-45-37-25-23-35(24-26-37)39-29-30-40(48-39)42(44)47-38-27-21-34(22-28-38)33-17-19-36(20-18-33)41(43)46-32(3)16-14-9-7-5-2/h17-30,32H,4-16,31H2,1-3H3. The van der Waals surface area contributed by atoms with Crippen LogP contribution in [0.4, 0.5) is 0 Å². The van der Waals surface area contributed by atoms with Crippen molar-refractivity contribution in [3.05, 3.63) is 95.4 Å². The Morgan fingerprint density at radius 3 is 1.77 bits per heavy atom. The van der Waals surface area contributed by atoms with Crippen molar-refractivity contribution >= 4 is 23.3 Å². The van der Waals surface area contributed by atoms with Crippen LogP contribution in [0.1, 0.15) is 124 Å². The van der Waals surface area contributed by atoms with E-state index in [0.29, 0.717) is 16.2 Å². The van der Waals surface area contributed by atoms with Crippen LogP contribution in [-0.4, -0.2) is 24.6 Å². The van der Waals surface area contributed by atoms with E-state index in [1.165, 1.54) is 75.5 Å². The summed E-state index contributed by atoms with van der Waals surface area (Å²) in [6.07, 6.45) is 15.7. The van der Waals surface area contributed by atoms with E-state index in [9.17, 15) is 9.59 Å². The Balaban J connectivity index is 1.21. The molecule has 0 N–H and O–H groups in total. The molecular weight excluding hydrogens is 617 g/mol. The van der Waals surface area contributed by atoms with E-state index in [-0.39, 0.29) is 18.0 Å². The van der Waals surface area contributed by atoms with E-state index >= 15 is 0 Å². The number of carbonyl (C=O) groups is 2. The summed E-state index contributed by atoms with van der Waals surface area (Å²) >= 11 is 1.41. The van der Waals surface area contributed by atoms with E-state index in [2.05, 4.69) is 13.8 Å². The molecular formula is C42H52O5S. The van der Waals surface area contributed by atoms with Gasteiger partial charge in [0.2, 0.25) is 0 Å². The molecule has 1 heterocycles. The Kier molecular flexibility index (Phi) is 15.7. The maximum absolute atomic E-state index is 12.9. The highest BCUT2D eigenvalue weighted by Crippen LogP contribution is 2.31. The second-order valence-electron chi connectivity index (χ2n) is 12.6. The fraction of sp³-hybridized carbons (Fsp3) is 0.429. The van der Waals surface area contributed by atoms with Crippen molar-refractivity contribution < 1.29 is 23.8 Å². The number of rotatable bonds is 21. The van der Waals surface area contributed by atoms with Crippen LogP contribution in [0.2, 0.25) is 0 Å². The minimum Gasteiger partial charge on any atom is -0.494 e. The molecule has 0 spiro atoms. The molecule has 0 amide bonds. The first kappa shape index (κ1) is 36.9. The van der Waals surface area contributed by atoms with Crippen LogP contribution >= 0.6 is 11.3 Å². The summed E-state index contributed by atoms with van der Waals surface area (Å²) < 4.78 is 17.2. The number of hydrogen-bond donors (Lipinski definition) is 0. The highest BCUT2D eigenvalue weighted by Gasteiger charge is 2.15. The van der Waals surface area contributed by atoms with E-state index in [1.807, 2.05) is 67.6 Å². The lowest BCUT2D eigenvalue weighted by atomic mass is 10.0. The molecule has 4 aromatic rings. The van der Waals surface area contributed by atoms with Gasteiger partial charge in [0, 0.05) is 4.88 Å². The highest BCUT2D eigenvalue weighted by atomic mass is 32.1. The van der Waals surface area contributed by atoms with Crippen molar-refractivity contribution in [2.75, 3.05) is 6.61 Å². The predicted molar refractivity (Wildman–Crippen MR) is 198 cm³/mol. The van der Waals surface area contributed by atoms with Gasteiger partial charge in [-0.25, -0.2) is 9.59 Å². The number of ether oxygens (including phenoxy) is 3. The molecule has 6 heteroatoms. The first-order valence-corrected chi connectivity index (χ1v) is 18.7. The minimum absolute atomic E-state index is 0.0919. The van der Waals surface area contributed by atoms with Gasteiger partial charge in [-0.05, 0) is 104 Å². The number of thiophene rings is 1.